The Morgan fingerprint density at radius 1 is 0.540 bits per heavy atom. The topological polar surface area (TPSA) is 50.1 Å². The first-order valence-electron chi connectivity index (χ1n) is 25.7. The minimum absolute atomic E-state index is 0.0296. The second-order valence-corrected chi connectivity index (χ2v) is 16.2. The zero-order valence-corrected chi connectivity index (χ0v) is 34.5. The van der Waals surface area contributed by atoms with Gasteiger partial charge in [0.15, 0.2) is 0 Å². The minimum atomic E-state index is -0.677. The van der Waals surface area contributed by atoms with Crippen molar-refractivity contribution in [1.29, 1.82) is 0 Å². The summed E-state index contributed by atoms with van der Waals surface area (Å²) in [5.74, 6) is 0. The van der Waals surface area contributed by atoms with Crippen LogP contribution >= 0.6 is 0 Å². The molecular weight excluding hydrogens is 769 g/mol. The fourth-order valence-electron chi connectivity index (χ4n) is 9.62. The van der Waals surface area contributed by atoms with Crippen LogP contribution in [0.2, 0.25) is 0 Å². The maximum Gasteiger partial charge on any atom is 0.0645 e. The molecule has 63 heavy (non-hydrogen) atoms. The Morgan fingerprint density at radius 3 is 1.97 bits per heavy atom. The third-order valence-electron chi connectivity index (χ3n) is 12.3. The van der Waals surface area contributed by atoms with Crippen LogP contribution in [-0.4, -0.2) is 19.5 Å². The van der Waals surface area contributed by atoms with E-state index in [1.54, 1.807) is 40.7 Å². The van der Waals surface area contributed by atoms with E-state index >= 15 is 0 Å². The van der Waals surface area contributed by atoms with Gasteiger partial charge < -0.3 is 14.4 Å². The first-order valence-corrected chi connectivity index (χ1v) is 20.7. The Bertz CT molecular complexity index is 4090. The van der Waals surface area contributed by atoms with Gasteiger partial charge in [-0.05, 0) is 113 Å². The Hall–Kier alpha value is -8.09. The van der Waals surface area contributed by atoms with Gasteiger partial charge in [-0.25, -0.2) is 0 Å². The third-order valence-corrected chi connectivity index (χ3v) is 12.3. The van der Waals surface area contributed by atoms with E-state index < -0.39 is 41.7 Å². The fraction of sp³-hybridized carbons (Fsp3) is 0.0702. The van der Waals surface area contributed by atoms with E-state index in [0.29, 0.717) is 22.7 Å². The highest BCUT2D eigenvalue weighted by Gasteiger charge is 2.41. The first-order chi connectivity index (χ1) is 35.1. The van der Waals surface area contributed by atoms with Crippen molar-refractivity contribution in [3.63, 3.8) is 0 Å². The molecule has 11 aromatic rings. The SMILES string of the molecule is [2H]c1c([2H])c([2H])c(N(c2ccc(C)nc2)c2ccc3c(c2)c2ccccc2c2c4c(N(c5cccnc5)c5c([2H])c([2H])c([2H])c([2H])c5[2H])cc5c(c4n(-c4ccccc4)c32)-c2cccnc2C5(C)C)c([2H])c1[2H]. The summed E-state index contributed by atoms with van der Waals surface area (Å²) in [7, 11) is 0. The van der Waals surface area contributed by atoms with Gasteiger partial charge in [-0.15, -0.1) is 0 Å². The molecule has 0 aliphatic heterocycles. The molecule has 4 heterocycles. The summed E-state index contributed by atoms with van der Waals surface area (Å²) in [6.07, 6.45) is 6.70. The van der Waals surface area contributed by atoms with Crippen LogP contribution in [0.1, 0.15) is 44.5 Å². The molecule has 0 saturated heterocycles. The molecule has 0 atom stereocenters. The predicted molar refractivity (Wildman–Crippen MR) is 261 cm³/mol. The molecule has 0 saturated carbocycles. The van der Waals surface area contributed by atoms with E-state index in [1.807, 2.05) is 85.8 Å². The van der Waals surface area contributed by atoms with Gasteiger partial charge >= 0.3 is 0 Å². The summed E-state index contributed by atoms with van der Waals surface area (Å²) in [4.78, 5) is 17.5. The van der Waals surface area contributed by atoms with Crippen LogP contribution in [0.3, 0.4) is 0 Å². The zero-order valence-electron chi connectivity index (χ0n) is 44.5. The predicted octanol–water partition coefficient (Wildman–Crippen LogP) is 14.8. The maximum absolute atomic E-state index is 9.49. The number of aromatic nitrogens is 4. The second kappa shape index (κ2) is 14.3. The van der Waals surface area contributed by atoms with Gasteiger partial charge in [0.1, 0.15) is 0 Å². The fourth-order valence-corrected chi connectivity index (χ4v) is 9.62. The molecule has 0 fully saturated rings. The second-order valence-electron chi connectivity index (χ2n) is 16.2. The lowest BCUT2D eigenvalue weighted by Gasteiger charge is -2.29. The number of rotatable bonds is 7. The van der Waals surface area contributed by atoms with Gasteiger partial charge in [-0.1, -0.05) is 105 Å². The summed E-state index contributed by atoms with van der Waals surface area (Å²) in [6, 6.07) is 32.9. The van der Waals surface area contributed by atoms with Crippen molar-refractivity contribution in [2.24, 2.45) is 0 Å². The molecule has 12 rings (SSSR count). The van der Waals surface area contributed by atoms with E-state index in [2.05, 4.69) is 58.7 Å². The van der Waals surface area contributed by atoms with E-state index in [4.69, 9.17) is 16.0 Å². The average molecular weight is 821 g/mol. The molecule has 0 unspecified atom stereocenters. The largest absolute Gasteiger partial charge is 0.309 e. The van der Waals surface area contributed by atoms with Gasteiger partial charge in [-0.3, -0.25) is 15.0 Å². The molecule has 0 amide bonds. The quantitative estimate of drug-likeness (QED) is 0.150. The number of pyridine rings is 3. The van der Waals surface area contributed by atoms with Crippen molar-refractivity contribution < 1.29 is 13.7 Å². The molecular formula is C57H42N6. The van der Waals surface area contributed by atoms with E-state index in [1.165, 1.54) is 0 Å². The Balaban J connectivity index is 1.31. The Labute approximate surface area is 380 Å². The molecule has 300 valence electrons. The monoisotopic (exact) mass is 820 g/mol. The molecule has 6 heteroatoms. The summed E-state index contributed by atoms with van der Waals surface area (Å²) in [5, 5.41) is 4.87. The van der Waals surface area contributed by atoms with Crippen molar-refractivity contribution in [1.82, 2.24) is 19.5 Å². The number of para-hydroxylation sites is 3. The lowest BCUT2D eigenvalue weighted by atomic mass is 9.84. The van der Waals surface area contributed by atoms with Crippen LogP contribution < -0.4 is 9.80 Å². The summed E-state index contributed by atoms with van der Waals surface area (Å²) < 4.78 is 91.9. The molecule has 0 bridgehead atoms. The molecule has 1 aliphatic carbocycles. The zero-order chi connectivity index (χ0) is 50.9. The van der Waals surface area contributed by atoms with Crippen molar-refractivity contribution in [2.75, 3.05) is 9.80 Å². The van der Waals surface area contributed by atoms with E-state index in [9.17, 15) is 2.74 Å². The Kier molecular flexibility index (Phi) is 6.26. The number of fused-ring (bicyclic) bond motifs is 12. The third kappa shape index (κ3) is 5.61. The minimum Gasteiger partial charge on any atom is -0.309 e. The van der Waals surface area contributed by atoms with Crippen LogP contribution in [0.15, 0.2) is 200 Å². The highest BCUT2D eigenvalue weighted by atomic mass is 15.2. The Morgan fingerprint density at radius 2 is 1.24 bits per heavy atom. The van der Waals surface area contributed by atoms with Crippen LogP contribution in [0.4, 0.5) is 34.1 Å². The number of hydrogen-bond donors (Lipinski definition) is 0. The van der Waals surface area contributed by atoms with Gasteiger partial charge in [-0.2, -0.15) is 0 Å². The average Bonchev–Trinajstić information content (AvgIpc) is 3.89. The van der Waals surface area contributed by atoms with Crippen LogP contribution in [-0.2, 0) is 5.41 Å². The van der Waals surface area contributed by atoms with Gasteiger partial charge in [0.2, 0.25) is 0 Å². The molecule has 6 nitrogen and oxygen atoms in total. The van der Waals surface area contributed by atoms with Gasteiger partial charge in [0, 0.05) is 73.5 Å². The molecule has 1 aliphatic rings. The molecule has 0 N–H and O–H groups in total. The van der Waals surface area contributed by atoms with E-state index in [0.717, 1.165) is 77.1 Å². The van der Waals surface area contributed by atoms with Crippen molar-refractivity contribution in [2.45, 2.75) is 26.2 Å². The first kappa shape index (κ1) is 27.7. The van der Waals surface area contributed by atoms with Crippen LogP contribution in [0.5, 0.6) is 0 Å². The molecule has 4 aromatic heterocycles. The summed E-state index contributed by atoms with van der Waals surface area (Å²) in [5.41, 5.74) is 8.15. The number of anilines is 6. The molecule has 7 aromatic carbocycles. The maximum atomic E-state index is 9.49. The summed E-state index contributed by atoms with van der Waals surface area (Å²) in [6.45, 7) is 6.12. The lowest BCUT2D eigenvalue weighted by Crippen LogP contribution is -2.18. The number of nitrogens with zero attached hydrogens (tertiary/aromatic N) is 6. The number of benzene rings is 7. The highest BCUT2D eigenvalue weighted by Crippen LogP contribution is 2.57. The number of aryl methyl sites for hydroxylation is 1. The highest BCUT2D eigenvalue weighted by molar-refractivity contribution is 6.36. The van der Waals surface area contributed by atoms with Gasteiger partial charge in [0.25, 0.3) is 0 Å². The standard InChI is InChI=1S/C57H42N6/c1-37-27-28-43(36-60-37)61(38-17-7-4-8-18-38)41-29-30-46-48(33-41)44-24-13-14-25-45(44)52-53-50(62(39-19-9-5-10-20-39)42-23-15-31-58-35-42)34-49-51(47-26-16-32-59-56(47)57(49,2)3)55(53)63(54(46)52)40-21-11-6-12-22-40/h4-36H,1-3H3/i4D,5D,7D,8D,9D,10D,17D,18D,19D,20D. The van der Waals surface area contributed by atoms with Crippen molar-refractivity contribution in [3.05, 3.63) is 217 Å². The summed E-state index contributed by atoms with van der Waals surface area (Å²) >= 11 is 0. The van der Waals surface area contributed by atoms with E-state index in [-0.39, 0.29) is 35.5 Å². The normalized spacial score (nSPS) is 15.0. The lowest BCUT2D eigenvalue weighted by molar-refractivity contribution is 0.637. The van der Waals surface area contributed by atoms with Crippen LogP contribution in [0, 0.1) is 6.92 Å². The smallest absolute Gasteiger partial charge is 0.0645 e. The van der Waals surface area contributed by atoms with Gasteiger partial charge in [0.05, 0.1) is 59.9 Å². The van der Waals surface area contributed by atoms with Crippen molar-refractivity contribution in [3.8, 4) is 16.8 Å². The van der Waals surface area contributed by atoms with Crippen LogP contribution in [0.25, 0.3) is 60.2 Å². The van der Waals surface area contributed by atoms with Crippen molar-refractivity contribution >= 4 is 77.5 Å². The molecule has 0 spiro atoms. The molecule has 0 radical (unpaired) electrons. The number of hydrogen-bond acceptors (Lipinski definition) is 5.